The molecule has 31 heavy (non-hydrogen) atoms. The fourth-order valence-corrected chi connectivity index (χ4v) is 3.14. The lowest BCUT2D eigenvalue weighted by Gasteiger charge is -2.30. The van der Waals surface area contributed by atoms with Gasteiger partial charge in [0.05, 0.1) is 5.69 Å². The SMILES string of the molecule is C#Cc1c(Oc2ccc(-n3cnnc3)cc2F)ncnc1OC1CCN(C(=O)O)CC1. The number of ether oxygens (including phenoxy) is 2. The van der Waals surface area contributed by atoms with Crippen molar-refractivity contribution in [3.05, 3.63) is 48.6 Å². The highest BCUT2D eigenvalue weighted by Gasteiger charge is 2.25. The highest BCUT2D eigenvalue weighted by Crippen LogP contribution is 2.31. The van der Waals surface area contributed by atoms with Gasteiger partial charge < -0.3 is 19.5 Å². The molecule has 3 aromatic rings. The molecule has 0 unspecified atom stereocenters. The molecule has 11 heteroatoms. The molecule has 3 heterocycles. The van der Waals surface area contributed by atoms with Crippen molar-refractivity contribution in [3.63, 3.8) is 0 Å². The Morgan fingerprint density at radius 2 is 1.90 bits per heavy atom. The number of piperidine rings is 1. The van der Waals surface area contributed by atoms with Crippen LogP contribution in [0.4, 0.5) is 9.18 Å². The molecular formula is C20H17FN6O4. The van der Waals surface area contributed by atoms with E-state index in [1.807, 2.05) is 0 Å². The average molecular weight is 424 g/mol. The van der Waals surface area contributed by atoms with Crippen LogP contribution in [-0.4, -0.2) is 60.0 Å². The molecule has 0 saturated carbocycles. The van der Waals surface area contributed by atoms with E-state index in [9.17, 15) is 9.18 Å². The largest absolute Gasteiger partial charge is 0.473 e. The van der Waals surface area contributed by atoms with Gasteiger partial charge in [-0.1, -0.05) is 5.92 Å². The Morgan fingerprint density at radius 1 is 1.19 bits per heavy atom. The maximum atomic E-state index is 14.6. The van der Waals surface area contributed by atoms with Crippen LogP contribution in [0.25, 0.3) is 5.69 Å². The van der Waals surface area contributed by atoms with Crippen molar-refractivity contribution in [2.24, 2.45) is 0 Å². The first-order valence-corrected chi connectivity index (χ1v) is 9.33. The molecule has 10 nitrogen and oxygen atoms in total. The van der Waals surface area contributed by atoms with Gasteiger partial charge in [0, 0.05) is 32.0 Å². The van der Waals surface area contributed by atoms with Crippen LogP contribution in [0.2, 0.25) is 0 Å². The number of amides is 1. The maximum Gasteiger partial charge on any atom is 0.407 e. The summed E-state index contributed by atoms with van der Waals surface area (Å²) in [6.45, 7) is 0.702. The van der Waals surface area contributed by atoms with Crippen molar-refractivity contribution in [1.82, 2.24) is 29.6 Å². The van der Waals surface area contributed by atoms with Crippen LogP contribution in [-0.2, 0) is 0 Å². The highest BCUT2D eigenvalue weighted by atomic mass is 19.1. The van der Waals surface area contributed by atoms with Crippen LogP contribution >= 0.6 is 0 Å². The average Bonchev–Trinajstić information content (AvgIpc) is 3.31. The minimum absolute atomic E-state index is 0.0218. The van der Waals surface area contributed by atoms with Gasteiger partial charge in [-0.3, -0.25) is 4.57 Å². The van der Waals surface area contributed by atoms with Crippen molar-refractivity contribution in [3.8, 4) is 35.5 Å². The van der Waals surface area contributed by atoms with Gasteiger partial charge in [0.2, 0.25) is 11.8 Å². The molecule has 1 saturated heterocycles. The van der Waals surface area contributed by atoms with E-state index in [0.717, 1.165) is 0 Å². The molecule has 0 aliphatic carbocycles. The van der Waals surface area contributed by atoms with E-state index in [-0.39, 0.29) is 29.2 Å². The molecular weight excluding hydrogens is 407 g/mol. The normalized spacial score (nSPS) is 14.1. The zero-order chi connectivity index (χ0) is 21.8. The van der Waals surface area contributed by atoms with Crippen molar-refractivity contribution in [2.45, 2.75) is 18.9 Å². The van der Waals surface area contributed by atoms with E-state index in [1.54, 1.807) is 10.6 Å². The number of terminal acetylenes is 1. The number of hydrogen-bond donors (Lipinski definition) is 1. The first-order valence-electron chi connectivity index (χ1n) is 9.33. The van der Waals surface area contributed by atoms with Crippen LogP contribution < -0.4 is 9.47 Å². The number of hydrogen-bond acceptors (Lipinski definition) is 7. The quantitative estimate of drug-likeness (QED) is 0.621. The molecule has 2 aromatic heterocycles. The molecule has 1 aromatic carbocycles. The minimum atomic E-state index is -0.960. The van der Waals surface area contributed by atoms with Crippen LogP contribution in [0, 0.1) is 18.2 Å². The lowest BCUT2D eigenvalue weighted by molar-refractivity contribution is 0.0867. The summed E-state index contributed by atoms with van der Waals surface area (Å²) in [4.78, 5) is 20.4. The third-order valence-electron chi connectivity index (χ3n) is 4.75. The van der Waals surface area contributed by atoms with Crippen molar-refractivity contribution in [2.75, 3.05) is 13.1 Å². The topological polar surface area (TPSA) is 115 Å². The Balaban J connectivity index is 1.51. The second-order valence-corrected chi connectivity index (χ2v) is 6.68. The van der Waals surface area contributed by atoms with Gasteiger partial charge in [-0.25, -0.2) is 19.2 Å². The summed E-state index contributed by atoms with van der Waals surface area (Å²) in [5, 5.41) is 16.4. The van der Waals surface area contributed by atoms with E-state index in [0.29, 0.717) is 31.6 Å². The standard InChI is InChI=1S/C20H17FN6O4/c1-2-15-18(30-14-5-7-26(8-6-14)20(28)29)22-10-23-19(15)31-17-4-3-13(9-16(17)21)27-11-24-25-12-27/h1,3-4,9-12,14H,5-8H2,(H,28,29). The molecule has 1 aliphatic heterocycles. The predicted octanol–water partition coefficient (Wildman–Crippen LogP) is 2.49. The van der Waals surface area contributed by atoms with Gasteiger partial charge in [0.15, 0.2) is 11.6 Å². The molecule has 0 atom stereocenters. The molecule has 0 spiro atoms. The van der Waals surface area contributed by atoms with Crippen LogP contribution in [0.15, 0.2) is 37.2 Å². The third kappa shape index (κ3) is 4.37. The first kappa shape index (κ1) is 20.1. The van der Waals surface area contributed by atoms with Crippen molar-refractivity contribution < 1.29 is 23.8 Å². The number of halogens is 1. The van der Waals surface area contributed by atoms with Gasteiger partial charge in [-0.2, -0.15) is 0 Å². The number of carboxylic acid groups (broad SMARTS) is 1. The maximum absolute atomic E-state index is 14.6. The second-order valence-electron chi connectivity index (χ2n) is 6.68. The van der Waals surface area contributed by atoms with Gasteiger partial charge >= 0.3 is 6.09 Å². The minimum Gasteiger partial charge on any atom is -0.473 e. The van der Waals surface area contributed by atoms with E-state index < -0.39 is 11.9 Å². The molecule has 4 rings (SSSR count). The Bertz CT molecular complexity index is 1120. The summed E-state index contributed by atoms with van der Waals surface area (Å²) in [7, 11) is 0. The summed E-state index contributed by atoms with van der Waals surface area (Å²) in [6, 6.07) is 4.34. The number of nitrogens with zero attached hydrogens (tertiary/aromatic N) is 6. The number of likely N-dealkylation sites (tertiary alicyclic amines) is 1. The fraction of sp³-hybridized carbons (Fsp3) is 0.250. The molecule has 1 aliphatic rings. The second kappa shape index (κ2) is 8.66. The zero-order valence-electron chi connectivity index (χ0n) is 16.2. The summed E-state index contributed by atoms with van der Waals surface area (Å²) in [6.07, 6.45) is 9.48. The van der Waals surface area contributed by atoms with Crippen LogP contribution in [0.3, 0.4) is 0 Å². The Kier molecular flexibility index (Phi) is 5.61. The van der Waals surface area contributed by atoms with E-state index in [2.05, 4.69) is 26.1 Å². The molecule has 1 fully saturated rings. The Morgan fingerprint density at radius 3 is 2.55 bits per heavy atom. The monoisotopic (exact) mass is 424 g/mol. The molecule has 1 amide bonds. The van der Waals surface area contributed by atoms with Gasteiger partial charge in [0.25, 0.3) is 0 Å². The van der Waals surface area contributed by atoms with Gasteiger partial charge in [-0.05, 0) is 12.1 Å². The highest BCUT2D eigenvalue weighted by molar-refractivity contribution is 5.65. The summed E-state index contributed by atoms with van der Waals surface area (Å²) in [5.41, 5.74) is 0.664. The third-order valence-corrected chi connectivity index (χ3v) is 4.75. The lowest BCUT2D eigenvalue weighted by Crippen LogP contribution is -2.41. The Labute approximate surface area is 176 Å². The predicted molar refractivity (Wildman–Crippen MR) is 105 cm³/mol. The summed E-state index contributed by atoms with van der Waals surface area (Å²) < 4.78 is 27.6. The van der Waals surface area contributed by atoms with E-state index in [1.165, 1.54) is 36.0 Å². The molecule has 1 N–H and O–H groups in total. The van der Waals surface area contributed by atoms with Gasteiger partial charge in [0.1, 0.15) is 30.6 Å². The zero-order valence-corrected chi connectivity index (χ0v) is 16.2. The van der Waals surface area contributed by atoms with Crippen LogP contribution in [0.5, 0.6) is 17.5 Å². The molecule has 0 radical (unpaired) electrons. The van der Waals surface area contributed by atoms with Crippen molar-refractivity contribution in [1.29, 1.82) is 0 Å². The summed E-state index contributed by atoms with van der Waals surface area (Å²) >= 11 is 0. The van der Waals surface area contributed by atoms with E-state index >= 15 is 0 Å². The van der Waals surface area contributed by atoms with Gasteiger partial charge in [-0.15, -0.1) is 16.6 Å². The fourth-order valence-electron chi connectivity index (χ4n) is 3.14. The number of rotatable bonds is 5. The molecule has 0 bridgehead atoms. The van der Waals surface area contributed by atoms with Crippen LogP contribution in [0.1, 0.15) is 18.4 Å². The Hall–Kier alpha value is -4.20. The molecule has 158 valence electrons. The lowest BCUT2D eigenvalue weighted by atomic mass is 10.1. The smallest absolute Gasteiger partial charge is 0.407 e. The summed E-state index contributed by atoms with van der Waals surface area (Å²) in [5.74, 6) is 1.83. The van der Waals surface area contributed by atoms with E-state index in [4.69, 9.17) is 21.0 Å². The number of benzene rings is 1. The number of carbonyl (C=O) groups is 1. The number of aromatic nitrogens is 5. The van der Waals surface area contributed by atoms with Crippen molar-refractivity contribution >= 4 is 6.09 Å². The first-order chi connectivity index (χ1) is 15.0.